The summed E-state index contributed by atoms with van der Waals surface area (Å²) in [5.74, 6) is -0.444. The number of rotatable bonds is 1. The van der Waals surface area contributed by atoms with Gasteiger partial charge < -0.3 is 9.64 Å². The van der Waals surface area contributed by atoms with Gasteiger partial charge in [0.25, 0.3) is 0 Å². The molecule has 0 spiro atoms. The molecule has 0 radical (unpaired) electrons. The van der Waals surface area contributed by atoms with Gasteiger partial charge in [-0.2, -0.15) is 0 Å². The number of fused-ring (bicyclic) bond motifs is 1. The van der Waals surface area contributed by atoms with Crippen LogP contribution in [0.2, 0.25) is 0 Å². The molecule has 102 valence electrons. The molecule has 1 heterocycles. The monoisotopic (exact) mass is 274 g/mol. The quantitative estimate of drug-likeness (QED) is 0.737. The van der Waals surface area contributed by atoms with Gasteiger partial charge in [0, 0.05) is 6.54 Å². The van der Waals surface area contributed by atoms with Gasteiger partial charge in [0.1, 0.15) is 5.38 Å². The van der Waals surface area contributed by atoms with Crippen molar-refractivity contribution in [1.29, 1.82) is 0 Å². The highest BCUT2D eigenvalue weighted by Gasteiger charge is 2.37. The molecular weight excluding hydrogens is 256 g/mol. The van der Waals surface area contributed by atoms with Gasteiger partial charge in [0.05, 0.1) is 18.8 Å². The minimum absolute atomic E-state index is 0.103. The lowest BCUT2D eigenvalue weighted by Crippen LogP contribution is -2.58. The van der Waals surface area contributed by atoms with E-state index >= 15 is 0 Å². The third-order valence-electron chi connectivity index (χ3n) is 3.58. The molecule has 0 bridgehead atoms. The van der Waals surface area contributed by atoms with Crippen molar-refractivity contribution < 1.29 is 14.3 Å². The second-order valence-corrected chi connectivity index (χ2v) is 5.52. The zero-order chi connectivity index (χ0) is 13.1. The predicted octanol–water partition coefficient (Wildman–Crippen LogP) is 1.49. The van der Waals surface area contributed by atoms with Crippen LogP contribution in [0.1, 0.15) is 32.6 Å². The molecule has 5 nitrogen and oxygen atoms in total. The van der Waals surface area contributed by atoms with Gasteiger partial charge in [-0.25, -0.2) is 4.79 Å². The fourth-order valence-electron chi connectivity index (χ4n) is 2.63. The van der Waals surface area contributed by atoms with E-state index in [9.17, 15) is 9.59 Å². The molecule has 3 unspecified atom stereocenters. The Balaban J connectivity index is 1.97. The van der Waals surface area contributed by atoms with Crippen LogP contribution < -0.4 is 5.32 Å². The summed E-state index contributed by atoms with van der Waals surface area (Å²) in [6, 6.07) is -0.237. The molecule has 18 heavy (non-hydrogen) atoms. The molecule has 0 aromatic rings. The third-order valence-corrected chi connectivity index (χ3v) is 3.78. The minimum Gasteiger partial charge on any atom is -0.374 e. The molecule has 1 aliphatic carbocycles. The van der Waals surface area contributed by atoms with Crippen LogP contribution >= 0.6 is 11.6 Å². The third kappa shape index (κ3) is 2.95. The summed E-state index contributed by atoms with van der Waals surface area (Å²) in [7, 11) is 0. The highest BCUT2D eigenvalue weighted by molar-refractivity contribution is 6.31. The van der Waals surface area contributed by atoms with E-state index in [0.29, 0.717) is 13.2 Å². The number of amides is 3. The van der Waals surface area contributed by atoms with E-state index in [2.05, 4.69) is 5.32 Å². The number of halogens is 1. The van der Waals surface area contributed by atoms with Gasteiger partial charge in [-0.05, 0) is 19.8 Å². The standard InChI is InChI=1S/C12H19ClN2O3/c1-8(13)11(16)14-12(17)15-6-7-18-10-5-3-2-4-9(10)15/h8-10H,2-7H2,1H3,(H,14,16,17). The van der Waals surface area contributed by atoms with Crippen LogP contribution in [-0.2, 0) is 9.53 Å². The Morgan fingerprint density at radius 2 is 2.11 bits per heavy atom. The Hall–Kier alpha value is -0.810. The fourth-order valence-corrected chi connectivity index (χ4v) is 2.68. The SMILES string of the molecule is CC(Cl)C(=O)NC(=O)N1CCOC2CCCCC21. The number of hydrogen-bond acceptors (Lipinski definition) is 3. The molecule has 1 saturated heterocycles. The van der Waals surface area contributed by atoms with Gasteiger partial charge in [0.2, 0.25) is 5.91 Å². The first-order valence-electron chi connectivity index (χ1n) is 6.46. The summed E-state index contributed by atoms with van der Waals surface area (Å²) in [5.41, 5.74) is 0. The molecule has 2 fully saturated rings. The van der Waals surface area contributed by atoms with E-state index < -0.39 is 11.3 Å². The van der Waals surface area contributed by atoms with Gasteiger partial charge in [-0.15, -0.1) is 11.6 Å². The normalized spacial score (nSPS) is 29.3. The highest BCUT2D eigenvalue weighted by atomic mass is 35.5. The molecular formula is C12H19ClN2O3. The van der Waals surface area contributed by atoms with Crippen LogP contribution in [-0.4, -0.2) is 47.5 Å². The van der Waals surface area contributed by atoms with Crippen molar-refractivity contribution in [3.63, 3.8) is 0 Å². The average Bonchev–Trinajstić information content (AvgIpc) is 2.37. The number of ether oxygens (including phenoxy) is 1. The number of nitrogens with one attached hydrogen (secondary N) is 1. The van der Waals surface area contributed by atoms with Crippen LogP contribution in [0.3, 0.4) is 0 Å². The topological polar surface area (TPSA) is 58.6 Å². The first-order chi connectivity index (χ1) is 8.59. The van der Waals surface area contributed by atoms with Crippen LogP contribution in [0.15, 0.2) is 0 Å². The van der Waals surface area contributed by atoms with Crippen molar-refractivity contribution in [1.82, 2.24) is 10.2 Å². The van der Waals surface area contributed by atoms with Crippen molar-refractivity contribution in [3.8, 4) is 0 Å². The van der Waals surface area contributed by atoms with E-state index in [0.717, 1.165) is 25.7 Å². The summed E-state index contributed by atoms with van der Waals surface area (Å²) in [6.07, 6.45) is 4.32. The maximum atomic E-state index is 12.0. The fraction of sp³-hybridized carbons (Fsp3) is 0.833. The second kappa shape index (κ2) is 5.89. The maximum absolute atomic E-state index is 12.0. The van der Waals surface area contributed by atoms with Crippen molar-refractivity contribution >= 4 is 23.5 Å². The number of imide groups is 1. The van der Waals surface area contributed by atoms with E-state index in [-0.39, 0.29) is 18.2 Å². The molecule has 2 aliphatic rings. The number of nitrogens with zero attached hydrogens (tertiary/aromatic N) is 1. The number of carbonyl (C=O) groups excluding carboxylic acids is 2. The maximum Gasteiger partial charge on any atom is 0.324 e. The van der Waals surface area contributed by atoms with E-state index in [4.69, 9.17) is 16.3 Å². The Kier molecular flexibility index (Phi) is 4.45. The van der Waals surface area contributed by atoms with Crippen molar-refractivity contribution in [2.24, 2.45) is 0 Å². The molecule has 1 N–H and O–H groups in total. The molecule has 3 atom stereocenters. The van der Waals surface area contributed by atoms with Crippen LogP contribution in [0.4, 0.5) is 4.79 Å². The molecule has 6 heteroatoms. The molecule has 0 aromatic carbocycles. The van der Waals surface area contributed by atoms with Crippen molar-refractivity contribution in [2.45, 2.75) is 50.1 Å². The second-order valence-electron chi connectivity index (χ2n) is 4.86. The minimum atomic E-state index is -0.697. The molecule has 2 rings (SSSR count). The van der Waals surface area contributed by atoms with Crippen LogP contribution in [0, 0.1) is 0 Å². The van der Waals surface area contributed by atoms with E-state index in [1.54, 1.807) is 11.8 Å². The van der Waals surface area contributed by atoms with Gasteiger partial charge in [-0.1, -0.05) is 12.8 Å². The smallest absolute Gasteiger partial charge is 0.324 e. The molecule has 3 amide bonds. The zero-order valence-electron chi connectivity index (χ0n) is 10.5. The predicted molar refractivity (Wildman–Crippen MR) is 67.6 cm³/mol. The Bertz CT molecular complexity index is 333. The van der Waals surface area contributed by atoms with Crippen LogP contribution in [0.25, 0.3) is 0 Å². The lowest BCUT2D eigenvalue weighted by Gasteiger charge is -2.43. The summed E-state index contributed by atoms with van der Waals surface area (Å²) in [4.78, 5) is 25.2. The van der Waals surface area contributed by atoms with Gasteiger partial charge in [-0.3, -0.25) is 10.1 Å². The van der Waals surface area contributed by atoms with Crippen molar-refractivity contribution in [3.05, 3.63) is 0 Å². The first-order valence-corrected chi connectivity index (χ1v) is 6.90. The largest absolute Gasteiger partial charge is 0.374 e. The Labute approximate surface area is 112 Å². The van der Waals surface area contributed by atoms with E-state index in [1.807, 2.05) is 0 Å². The Morgan fingerprint density at radius 3 is 2.83 bits per heavy atom. The van der Waals surface area contributed by atoms with Crippen molar-refractivity contribution in [2.75, 3.05) is 13.2 Å². The summed E-state index contributed by atoms with van der Waals surface area (Å²) in [6.45, 7) is 2.63. The lowest BCUT2D eigenvalue weighted by atomic mass is 9.90. The zero-order valence-corrected chi connectivity index (χ0v) is 11.3. The number of carbonyl (C=O) groups is 2. The molecule has 1 saturated carbocycles. The van der Waals surface area contributed by atoms with E-state index in [1.165, 1.54) is 0 Å². The number of urea groups is 1. The number of hydrogen-bond donors (Lipinski definition) is 1. The first kappa shape index (κ1) is 13.6. The number of alkyl halides is 1. The van der Waals surface area contributed by atoms with Gasteiger partial charge in [0.15, 0.2) is 0 Å². The summed E-state index contributed by atoms with van der Waals surface area (Å²) in [5, 5.41) is 1.65. The average molecular weight is 275 g/mol. The van der Waals surface area contributed by atoms with Gasteiger partial charge >= 0.3 is 6.03 Å². The number of morpholine rings is 1. The molecule has 1 aliphatic heterocycles. The lowest BCUT2D eigenvalue weighted by molar-refractivity contribution is -0.120. The Morgan fingerprint density at radius 1 is 1.39 bits per heavy atom. The summed E-state index contributed by atoms with van der Waals surface area (Å²) < 4.78 is 5.68. The summed E-state index contributed by atoms with van der Waals surface area (Å²) >= 11 is 5.64. The van der Waals surface area contributed by atoms with Crippen LogP contribution in [0.5, 0.6) is 0 Å². The highest BCUT2D eigenvalue weighted by Crippen LogP contribution is 2.28. The molecule has 0 aromatic heterocycles.